The van der Waals surface area contributed by atoms with Gasteiger partial charge in [-0.3, -0.25) is 0 Å². The number of benzene rings is 1. The van der Waals surface area contributed by atoms with E-state index in [0.29, 0.717) is 5.75 Å². The lowest BCUT2D eigenvalue weighted by Crippen LogP contribution is -2.43. The molecular weight excluding hydrogens is 334 g/mol. The number of hydrogen-bond donors (Lipinski definition) is 0. The van der Waals surface area contributed by atoms with Crippen LogP contribution in [0.3, 0.4) is 0 Å². The fourth-order valence-corrected chi connectivity index (χ4v) is 1.80. The Bertz CT molecular complexity index is 673. The fourth-order valence-electron chi connectivity index (χ4n) is 1.80. The van der Waals surface area contributed by atoms with Gasteiger partial charge in [-0.05, 0) is 60.6 Å². The maximum absolute atomic E-state index is 12.6. The highest BCUT2D eigenvalue weighted by Gasteiger charge is 2.32. The molecule has 0 aliphatic heterocycles. The molecule has 0 aromatic heterocycles. The molecule has 142 valence electrons. The molecule has 0 heterocycles. The second-order valence-electron chi connectivity index (χ2n) is 7.51. The van der Waals surface area contributed by atoms with Gasteiger partial charge in [0, 0.05) is 6.07 Å². The van der Waals surface area contributed by atoms with E-state index in [1.54, 1.807) is 72.7 Å². The highest BCUT2D eigenvalue weighted by Crippen LogP contribution is 2.25. The summed E-state index contributed by atoms with van der Waals surface area (Å²) < 4.78 is 16.2. The Hall–Kier alpha value is -2.68. The van der Waals surface area contributed by atoms with Crippen molar-refractivity contribution in [2.24, 2.45) is 0 Å². The van der Waals surface area contributed by atoms with Crippen molar-refractivity contribution in [3.63, 3.8) is 0 Å². The van der Waals surface area contributed by atoms with Crippen LogP contribution in [-0.4, -0.2) is 30.0 Å². The third kappa shape index (κ3) is 7.47. The minimum Gasteiger partial charge on any atom is -0.481 e. The van der Waals surface area contributed by atoms with Gasteiger partial charge in [-0.15, -0.1) is 5.92 Å². The van der Waals surface area contributed by atoms with Crippen LogP contribution in [0, 0.1) is 11.8 Å². The van der Waals surface area contributed by atoms with Gasteiger partial charge in [0.25, 0.3) is 0 Å². The van der Waals surface area contributed by atoms with Crippen LogP contribution >= 0.6 is 0 Å². The summed E-state index contributed by atoms with van der Waals surface area (Å²) >= 11 is 0. The van der Waals surface area contributed by atoms with Gasteiger partial charge in [-0.25, -0.2) is 9.59 Å². The van der Waals surface area contributed by atoms with Gasteiger partial charge in [0.2, 0.25) is 0 Å². The number of imide groups is 1. The highest BCUT2D eigenvalue weighted by molar-refractivity contribution is 6.09. The zero-order valence-corrected chi connectivity index (χ0v) is 16.5. The van der Waals surface area contributed by atoms with Crippen LogP contribution in [0.1, 0.15) is 48.5 Å². The van der Waals surface area contributed by atoms with E-state index in [4.69, 9.17) is 14.2 Å². The first-order chi connectivity index (χ1) is 11.9. The van der Waals surface area contributed by atoms with Crippen molar-refractivity contribution in [2.45, 2.75) is 59.7 Å². The van der Waals surface area contributed by atoms with Crippen molar-refractivity contribution >= 4 is 17.9 Å². The maximum atomic E-state index is 12.6. The fraction of sp³-hybridized carbons (Fsp3) is 0.500. The summed E-state index contributed by atoms with van der Waals surface area (Å²) in [7, 11) is 0. The second-order valence-corrected chi connectivity index (χ2v) is 7.51. The van der Waals surface area contributed by atoms with Crippen LogP contribution < -0.4 is 9.64 Å². The molecular formula is C20H27NO5. The zero-order valence-electron chi connectivity index (χ0n) is 16.5. The average molecular weight is 361 g/mol. The van der Waals surface area contributed by atoms with E-state index >= 15 is 0 Å². The molecule has 1 aromatic carbocycles. The third-order valence-electron chi connectivity index (χ3n) is 2.72. The molecule has 0 saturated heterocycles. The lowest BCUT2D eigenvalue weighted by Gasteiger charge is -2.28. The van der Waals surface area contributed by atoms with Gasteiger partial charge >= 0.3 is 12.2 Å². The standard InChI is InChI=1S/C20H27NO5/c1-8-9-13-24-16-12-10-11-15(14-16)21(17(22)25-19(2,3)4)18(23)26-20(5,6)7/h10-12,14H,13H2,1-7H3. The zero-order chi connectivity index (χ0) is 20.0. The summed E-state index contributed by atoms with van der Waals surface area (Å²) in [5, 5.41) is 0. The quantitative estimate of drug-likeness (QED) is 0.726. The van der Waals surface area contributed by atoms with Gasteiger partial charge in [-0.1, -0.05) is 12.0 Å². The predicted molar refractivity (Wildman–Crippen MR) is 100 cm³/mol. The van der Waals surface area contributed by atoms with E-state index in [1.807, 2.05) is 0 Å². The van der Waals surface area contributed by atoms with Gasteiger partial charge in [-0.2, -0.15) is 4.90 Å². The SMILES string of the molecule is CC#CCOc1cccc(N(C(=O)OC(C)(C)C)C(=O)OC(C)(C)C)c1. The Balaban J connectivity index is 3.18. The smallest absolute Gasteiger partial charge is 0.424 e. The van der Waals surface area contributed by atoms with E-state index in [9.17, 15) is 9.59 Å². The Labute approximate surface area is 155 Å². The van der Waals surface area contributed by atoms with Gasteiger partial charge in [0.15, 0.2) is 0 Å². The first-order valence-corrected chi connectivity index (χ1v) is 8.31. The number of amides is 2. The van der Waals surface area contributed by atoms with E-state index in [2.05, 4.69) is 11.8 Å². The number of anilines is 1. The maximum Gasteiger partial charge on any atom is 0.424 e. The van der Waals surface area contributed by atoms with Crippen molar-refractivity contribution in [1.29, 1.82) is 0 Å². The van der Waals surface area contributed by atoms with E-state index in [-0.39, 0.29) is 12.3 Å². The van der Waals surface area contributed by atoms with Crippen LogP contribution in [0.5, 0.6) is 5.75 Å². The first kappa shape index (κ1) is 21.4. The average Bonchev–Trinajstić information content (AvgIpc) is 2.44. The lowest BCUT2D eigenvalue weighted by atomic mass is 10.2. The molecule has 0 atom stereocenters. The Morgan fingerprint density at radius 2 is 1.54 bits per heavy atom. The van der Waals surface area contributed by atoms with Crippen LogP contribution in [0.25, 0.3) is 0 Å². The number of carbonyl (C=O) groups is 2. The molecule has 1 aromatic rings. The number of ether oxygens (including phenoxy) is 3. The number of hydrogen-bond acceptors (Lipinski definition) is 5. The van der Waals surface area contributed by atoms with E-state index in [0.717, 1.165) is 4.90 Å². The molecule has 0 fully saturated rings. The molecule has 1 rings (SSSR count). The number of rotatable bonds is 3. The Kier molecular flexibility index (Phi) is 7.08. The largest absolute Gasteiger partial charge is 0.481 e. The van der Waals surface area contributed by atoms with Gasteiger partial charge in [0.1, 0.15) is 23.6 Å². The van der Waals surface area contributed by atoms with Crippen LogP contribution in [0.4, 0.5) is 15.3 Å². The number of carbonyl (C=O) groups excluding carboxylic acids is 2. The minimum atomic E-state index is -0.822. The first-order valence-electron chi connectivity index (χ1n) is 8.31. The molecule has 0 aliphatic carbocycles. The summed E-state index contributed by atoms with van der Waals surface area (Å²) in [4.78, 5) is 26.1. The van der Waals surface area contributed by atoms with Crippen molar-refractivity contribution in [2.75, 3.05) is 11.5 Å². The highest BCUT2D eigenvalue weighted by atomic mass is 16.6. The van der Waals surface area contributed by atoms with E-state index < -0.39 is 23.4 Å². The summed E-state index contributed by atoms with van der Waals surface area (Å²) in [5.74, 6) is 5.99. The molecule has 0 unspecified atom stereocenters. The van der Waals surface area contributed by atoms with Gasteiger partial charge in [0.05, 0.1) is 5.69 Å². The lowest BCUT2D eigenvalue weighted by molar-refractivity contribution is 0.0431. The van der Waals surface area contributed by atoms with Crippen molar-refractivity contribution < 1.29 is 23.8 Å². The van der Waals surface area contributed by atoms with E-state index in [1.165, 1.54) is 0 Å². The topological polar surface area (TPSA) is 65.1 Å². The summed E-state index contributed by atoms with van der Waals surface area (Å²) in [6.07, 6.45) is -1.64. The second kappa shape index (κ2) is 8.61. The van der Waals surface area contributed by atoms with Crippen molar-refractivity contribution in [3.05, 3.63) is 24.3 Å². The third-order valence-corrected chi connectivity index (χ3v) is 2.72. The Morgan fingerprint density at radius 1 is 1.00 bits per heavy atom. The van der Waals surface area contributed by atoms with Gasteiger partial charge < -0.3 is 14.2 Å². The molecule has 0 spiro atoms. The minimum absolute atomic E-state index is 0.207. The summed E-state index contributed by atoms with van der Waals surface area (Å²) in [6.45, 7) is 12.3. The van der Waals surface area contributed by atoms with Crippen LogP contribution in [0.2, 0.25) is 0 Å². The predicted octanol–water partition coefficient (Wildman–Crippen LogP) is 4.77. The molecule has 0 aliphatic rings. The molecule has 6 heteroatoms. The molecule has 2 amide bonds. The molecule has 6 nitrogen and oxygen atoms in total. The molecule has 0 bridgehead atoms. The monoisotopic (exact) mass is 361 g/mol. The molecule has 0 radical (unpaired) electrons. The summed E-state index contributed by atoms with van der Waals surface area (Å²) in [6, 6.07) is 6.55. The Morgan fingerprint density at radius 3 is 2.00 bits per heavy atom. The van der Waals surface area contributed by atoms with Crippen molar-refractivity contribution in [1.82, 2.24) is 0 Å². The molecule has 26 heavy (non-hydrogen) atoms. The summed E-state index contributed by atoms with van der Waals surface area (Å²) in [5.41, 5.74) is -1.24. The van der Waals surface area contributed by atoms with Crippen LogP contribution in [-0.2, 0) is 9.47 Å². The molecule has 0 saturated carbocycles. The normalized spacial score (nSPS) is 11.0. The van der Waals surface area contributed by atoms with Crippen LogP contribution in [0.15, 0.2) is 24.3 Å². The van der Waals surface area contributed by atoms with Crippen molar-refractivity contribution in [3.8, 4) is 17.6 Å². The molecule has 0 N–H and O–H groups in total. The number of nitrogens with zero attached hydrogens (tertiary/aromatic N) is 1.